The molecule has 0 radical (unpaired) electrons. The van der Waals surface area contributed by atoms with Crippen LogP contribution < -0.4 is 5.32 Å². The third-order valence-electron chi connectivity index (χ3n) is 2.75. The molecule has 1 saturated carbocycles. The van der Waals surface area contributed by atoms with E-state index in [-0.39, 0.29) is 24.8 Å². The normalized spacial score (nSPS) is 28.0. The van der Waals surface area contributed by atoms with Crippen LogP contribution in [0.2, 0.25) is 0 Å². The van der Waals surface area contributed by atoms with E-state index in [4.69, 9.17) is 6.42 Å². The van der Waals surface area contributed by atoms with Crippen molar-refractivity contribution in [2.45, 2.75) is 44.6 Å². The third-order valence-corrected chi connectivity index (χ3v) is 2.75. The van der Waals surface area contributed by atoms with E-state index in [9.17, 15) is 8.78 Å². The lowest BCUT2D eigenvalue weighted by molar-refractivity contribution is -0.0551. The first kappa shape index (κ1) is 11.5. The molecule has 1 nitrogen and oxygen atoms in total. The lowest BCUT2D eigenvalue weighted by Crippen LogP contribution is -2.40. The Hall–Kier alpha value is -0.620. The minimum atomic E-state index is -2.51. The fourth-order valence-corrected chi connectivity index (χ4v) is 2.08. The molecule has 0 bridgehead atoms. The van der Waals surface area contributed by atoms with Crippen LogP contribution in [-0.2, 0) is 0 Å². The summed E-state index contributed by atoms with van der Waals surface area (Å²) in [5.74, 6) is -0.00651. The molecule has 0 aromatic carbocycles. The molecule has 1 rings (SSSR count). The molecular formula is C11H17F2N. The maximum Gasteiger partial charge on any atom is 0.248 e. The quantitative estimate of drug-likeness (QED) is 0.691. The second-order valence-electron chi connectivity index (χ2n) is 3.91. The van der Waals surface area contributed by atoms with E-state index in [0.29, 0.717) is 6.42 Å². The summed E-state index contributed by atoms with van der Waals surface area (Å²) < 4.78 is 26.2. The number of halogens is 2. The molecule has 2 unspecified atom stereocenters. The van der Waals surface area contributed by atoms with Crippen molar-refractivity contribution < 1.29 is 8.78 Å². The second-order valence-corrected chi connectivity index (χ2v) is 3.91. The van der Waals surface area contributed by atoms with Crippen LogP contribution in [0.25, 0.3) is 0 Å². The van der Waals surface area contributed by atoms with Crippen molar-refractivity contribution in [1.29, 1.82) is 0 Å². The zero-order valence-electron chi connectivity index (χ0n) is 8.52. The van der Waals surface area contributed by atoms with Crippen molar-refractivity contribution in [1.82, 2.24) is 5.32 Å². The van der Waals surface area contributed by atoms with Crippen LogP contribution in [0, 0.1) is 18.3 Å². The monoisotopic (exact) mass is 201 g/mol. The fraction of sp³-hybridized carbons (Fsp3) is 0.818. The first-order valence-electron chi connectivity index (χ1n) is 5.16. The van der Waals surface area contributed by atoms with Gasteiger partial charge in [-0.25, -0.2) is 8.78 Å². The highest BCUT2D eigenvalue weighted by Gasteiger charge is 2.38. The van der Waals surface area contributed by atoms with Gasteiger partial charge in [0.2, 0.25) is 5.92 Å². The maximum absolute atomic E-state index is 13.1. The highest BCUT2D eigenvalue weighted by molar-refractivity contribution is 5.03. The molecule has 3 heteroatoms. The number of nitrogens with one attached hydrogen (secondary N) is 1. The summed E-state index contributed by atoms with van der Waals surface area (Å²) in [6, 6.07) is -0.189. The molecule has 14 heavy (non-hydrogen) atoms. The standard InChI is InChI=1S/C11H17F2N/c1-3-10(14-4-2)9-6-5-7-11(12,13)8-9/h1,9-10,14H,4-8H2,2H3. The van der Waals surface area contributed by atoms with E-state index in [2.05, 4.69) is 11.2 Å². The summed E-state index contributed by atoms with van der Waals surface area (Å²) in [5.41, 5.74) is 0. The Labute approximate surface area is 84.3 Å². The maximum atomic E-state index is 13.1. The van der Waals surface area contributed by atoms with Gasteiger partial charge in [-0.3, -0.25) is 0 Å². The van der Waals surface area contributed by atoms with Crippen LogP contribution in [0.5, 0.6) is 0 Å². The molecule has 0 aromatic heterocycles. The summed E-state index contributed by atoms with van der Waals surface area (Å²) >= 11 is 0. The van der Waals surface area contributed by atoms with Gasteiger partial charge < -0.3 is 5.32 Å². The van der Waals surface area contributed by atoms with Crippen molar-refractivity contribution in [3.05, 3.63) is 0 Å². The van der Waals surface area contributed by atoms with Crippen LogP contribution in [0.1, 0.15) is 32.6 Å². The number of alkyl halides is 2. The van der Waals surface area contributed by atoms with Gasteiger partial charge in [-0.15, -0.1) is 6.42 Å². The van der Waals surface area contributed by atoms with Crippen molar-refractivity contribution >= 4 is 0 Å². The lowest BCUT2D eigenvalue weighted by atomic mass is 9.82. The summed E-state index contributed by atoms with van der Waals surface area (Å²) in [4.78, 5) is 0. The molecule has 1 aliphatic carbocycles. The number of rotatable bonds is 3. The minimum absolute atomic E-state index is 0.0208. The Kier molecular flexibility index (Phi) is 3.88. The molecule has 0 saturated heterocycles. The van der Waals surface area contributed by atoms with Crippen LogP contribution in [0.3, 0.4) is 0 Å². The van der Waals surface area contributed by atoms with E-state index in [1.54, 1.807) is 0 Å². The van der Waals surface area contributed by atoms with E-state index in [1.807, 2.05) is 6.92 Å². The second kappa shape index (κ2) is 4.75. The SMILES string of the molecule is C#CC(NCC)C1CCCC(F)(F)C1. The van der Waals surface area contributed by atoms with Gasteiger partial charge in [0, 0.05) is 12.8 Å². The highest BCUT2D eigenvalue weighted by atomic mass is 19.3. The lowest BCUT2D eigenvalue weighted by Gasteiger charge is -2.32. The summed E-state index contributed by atoms with van der Waals surface area (Å²) in [6.07, 6.45) is 6.68. The Balaban J connectivity index is 2.54. The summed E-state index contributed by atoms with van der Waals surface area (Å²) in [6.45, 7) is 2.67. The average molecular weight is 201 g/mol. The van der Waals surface area contributed by atoms with Gasteiger partial charge in [0.15, 0.2) is 0 Å². The van der Waals surface area contributed by atoms with Crippen molar-refractivity contribution in [3.63, 3.8) is 0 Å². The molecular weight excluding hydrogens is 184 g/mol. The Morgan fingerprint density at radius 2 is 2.36 bits per heavy atom. The number of hydrogen-bond donors (Lipinski definition) is 1. The van der Waals surface area contributed by atoms with Crippen LogP contribution in [0.4, 0.5) is 8.78 Å². The predicted molar refractivity (Wildman–Crippen MR) is 53.2 cm³/mol. The molecule has 0 aliphatic heterocycles. The Morgan fingerprint density at radius 1 is 1.64 bits per heavy atom. The molecule has 0 spiro atoms. The van der Waals surface area contributed by atoms with Crippen molar-refractivity contribution in [2.24, 2.45) is 5.92 Å². The smallest absolute Gasteiger partial charge is 0.248 e. The Morgan fingerprint density at radius 3 is 2.86 bits per heavy atom. The van der Waals surface area contributed by atoms with Crippen LogP contribution in [-0.4, -0.2) is 18.5 Å². The van der Waals surface area contributed by atoms with E-state index in [1.165, 1.54) is 0 Å². The van der Waals surface area contributed by atoms with Gasteiger partial charge in [-0.1, -0.05) is 12.8 Å². The highest BCUT2D eigenvalue weighted by Crippen LogP contribution is 2.37. The summed E-state index contributed by atoms with van der Waals surface area (Å²) in [5, 5.41) is 3.07. The number of terminal acetylenes is 1. The molecule has 2 atom stereocenters. The topological polar surface area (TPSA) is 12.0 Å². The van der Waals surface area contributed by atoms with Gasteiger partial charge in [0.05, 0.1) is 6.04 Å². The van der Waals surface area contributed by atoms with Crippen LogP contribution in [0.15, 0.2) is 0 Å². The van der Waals surface area contributed by atoms with Gasteiger partial charge in [0.25, 0.3) is 0 Å². The largest absolute Gasteiger partial charge is 0.304 e. The van der Waals surface area contributed by atoms with Crippen molar-refractivity contribution in [2.75, 3.05) is 6.54 Å². The van der Waals surface area contributed by atoms with Gasteiger partial charge >= 0.3 is 0 Å². The van der Waals surface area contributed by atoms with E-state index >= 15 is 0 Å². The molecule has 0 aromatic rings. The molecule has 0 amide bonds. The zero-order chi connectivity index (χ0) is 10.6. The Bertz CT molecular complexity index is 220. The van der Waals surface area contributed by atoms with Gasteiger partial charge in [0.1, 0.15) is 0 Å². The predicted octanol–water partition coefficient (Wildman–Crippen LogP) is 2.42. The molecule has 1 N–H and O–H groups in total. The molecule has 1 fully saturated rings. The fourth-order valence-electron chi connectivity index (χ4n) is 2.08. The number of hydrogen-bond acceptors (Lipinski definition) is 1. The molecule has 0 heterocycles. The van der Waals surface area contributed by atoms with E-state index in [0.717, 1.165) is 13.0 Å². The van der Waals surface area contributed by atoms with Gasteiger partial charge in [-0.2, -0.15) is 0 Å². The molecule has 1 aliphatic rings. The van der Waals surface area contributed by atoms with Crippen LogP contribution >= 0.6 is 0 Å². The third kappa shape index (κ3) is 2.95. The molecule has 80 valence electrons. The first-order valence-corrected chi connectivity index (χ1v) is 5.16. The minimum Gasteiger partial charge on any atom is -0.304 e. The summed E-state index contributed by atoms with van der Waals surface area (Å²) in [7, 11) is 0. The first-order chi connectivity index (χ1) is 6.59. The van der Waals surface area contributed by atoms with E-state index < -0.39 is 5.92 Å². The van der Waals surface area contributed by atoms with Crippen molar-refractivity contribution in [3.8, 4) is 12.3 Å². The van der Waals surface area contributed by atoms with Gasteiger partial charge in [-0.05, 0) is 25.3 Å². The average Bonchev–Trinajstić information content (AvgIpc) is 2.12. The zero-order valence-corrected chi connectivity index (χ0v) is 8.52.